The Morgan fingerprint density at radius 3 is 2.17 bits per heavy atom. The second-order valence-corrected chi connectivity index (χ2v) is 18.1. The van der Waals surface area contributed by atoms with Crippen LogP contribution in [0.3, 0.4) is 0 Å². The molecule has 2 unspecified atom stereocenters. The number of piperidine rings is 1. The summed E-state index contributed by atoms with van der Waals surface area (Å²) in [6.07, 6.45) is -0.301. The van der Waals surface area contributed by atoms with Gasteiger partial charge in [-0.15, -0.1) is 13.2 Å². The van der Waals surface area contributed by atoms with E-state index in [1.165, 1.54) is 19.2 Å². The number of carbonyl (C=O) groups excluding carboxylic acids is 4. The fourth-order valence-corrected chi connectivity index (χ4v) is 9.37. The van der Waals surface area contributed by atoms with Crippen LogP contribution in [0.15, 0.2) is 48.7 Å². The Morgan fingerprint density at radius 2 is 1.59 bits per heavy atom. The molecule has 2 aromatic carbocycles. The first-order valence-electron chi connectivity index (χ1n) is 21.8. The minimum Gasteiger partial charge on any atom is -0.453 e. The molecule has 18 heteroatoms. The normalized spacial score (nSPS) is 22.4. The van der Waals surface area contributed by atoms with E-state index in [4.69, 9.17) is 9.47 Å². The highest BCUT2D eigenvalue weighted by Crippen LogP contribution is 2.47. The number of alkyl halides is 3. The van der Waals surface area contributed by atoms with Crippen LogP contribution in [0.5, 0.6) is 5.75 Å². The number of piperazine rings is 1. The molecule has 4 atom stereocenters. The van der Waals surface area contributed by atoms with E-state index in [1.54, 1.807) is 53.4 Å². The average Bonchev–Trinajstić information content (AvgIpc) is 3.93. The molecule has 4 heterocycles. The zero-order chi connectivity index (χ0) is 45.2. The first kappa shape index (κ1) is 45.7. The fraction of sp³-hybridized carbons (Fsp3) is 0.578. The van der Waals surface area contributed by atoms with Gasteiger partial charge in [-0.2, -0.15) is 0 Å². The molecule has 1 saturated carbocycles. The van der Waals surface area contributed by atoms with Crippen LogP contribution in [0.2, 0.25) is 0 Å². The van der Waals surface area contributed by atoms with E-state index < -0.39 is 36.3 Å². The lowest BCUT2D eigenvalue weighted by Crippen LogP contribution is -2.57. The third-order valence-electron chi connectivity index (χ3n) is 13.4. The predicted octanol–water partition coefficient (Wildman–Crippen LogP) is 6.89. The molecule has 3 N–H and O–H groups in total. The Balaban J connectivity index is 0.975. The van der Waals surface area contributed by atoms with Crippen LogP contribution in [0.4, 0.5) is 28.4 Å². The molecule has 15 nitrogen and oxygen atoms in total. The molecule has 4 fully saturated rings. The van der Waals surface area contributed by atoms with Crippen LogP contribution in [0.1, 0.15) is 71.7 Å². The summed E-state index contributed by atoms with van der Waals surface area (Å²) in [7, 11) is 2.81. The van der Waals surface area contributed by atoms with E-state index in [2.05, 4.69) is 44.1 Å². The summed E-state index contributed by atoms with van der Waals surface area (Å²) in [5.41, 5.74) is 2.18. The van der Waals surface area contributed by atoms with Gasteiger partial charge in [0, 0.05) is 88.6 Å². The van der Waals surface area contributed by atoms with Gasteiger partial charge in [-0.3, -0.25) is 14.5 Å². The minimum absolute atomic E-state index is 0.0753. The molecule has 0 bridgehead atoms. The number of halogens is 3. The summed E-state index contributed by atoms with van der Waals surface area (Å²) in [6.45, 7) is 12.3. The van der Waals surface area contributed by atoms with E-state index in [0.29, 0.717) is 61.8 Å². The van der Waals surface area contributed by atoms with Gasteiger partial charge >= 0.3 is 18.5 Å². The zero-order valence-corrected chi connectivity index (χ0v) is 36.8. The second-order valence-electron chi connectivity index (χ2n) is 18.1. The van der Waals surface area contributed by atoms with Crippen LogP contribution in [-0.2, 0) is 19.1 Å². The summed E-state index contributed by atoms with van der Waals surface area (Å²) < 4.78 is 56.1. The maximum atomic E-state index is 13.8. The molecule has 1 aliphatic carbocycles. The van der Waals surface area contributed by atoms with Crippen LogP contribution in [0, 0.1) is 17.3 Å². The number of hydrogen-bond acceptors (Lipinski definition) is 9. The van der Waals surface area contributed by atoms with Crippen LogP contribution < -0.4 is 15.4 Å². The van der Waals surface area contributed by atoms with Crippen molar-refractivity contribution in [2.45, 2.75) is 90.4 Å². The summed E-state index contributed by atoms with van der Waals surface area (Å²) in [4.78, 5) is 67.9. The number of methoxy groups -OCH3 is 2. The monoisotopic (exact) mass is 880 g/mol. The molecular weight excluding hydrogens is 822 g/mol. The molecule has 0 spiro atoms. The smallest absolute Gasteiger partial charge is 0.453 e. The van der Waals surface area contributed by atoms with Gasteiger partial charge in [0.2, 0.25) is 11.8 Å². The maximum absolute atomic E-state index is 13.8. The predicted molar refractivity (Wildman–Crippen MR) is 228 cm³/mol. The van der Waals surface area contributed by atoms with Gasteiger partial charge in [0.05, 0.1) is 31.1 Å². The zero-order valence-electron chi connectivity index (χ0n) is 36.8. The molecule has 0 radical (unpaired) electrons. The minimum atomic E-state index is -4.99. The molecule has 5 amide bonds. The molecular formula is C45H59F3N8O7. The van der Waals surface area contributed by atoms with E-state index in [1.807, 2.05) is 18.7 Å². The largest absolute Gasteiger partial charge is 0.573 e. The van der Waals surface area contributed by atoms with Gasteiger partial charge in [0.15, 0.2) is 0 Å². The summed E-state index contributed by atoms with van der Waals surface area (Å²) in [6, 6.07) is 9.61. The highest BCUT2D eigenvalue weighted by molar-refractivity contribution is 5.91. The van der Waals surface area contributed by atoms with Crippen molar-refractivity contribution in [2.24, 2.45) is 17.3 Å². The van der Waals surface area contributed by atoms with Crippen molar-refractivity contribution in [1.82, 2.24) is 34.9 Å². The average molecular weight is 881 g/mol. The highest BCUT2D eigenvalue weighted by Gasteiger charge is 2.46. The molecule has 63 heavy (non-hydrogen) atoms. The van der Waals surface area contributed by atoms with Crippen LogP contribution >= 0.6 is 0 Å². The van der Waals surface area contributed by atoms with Gasteiger partial charge in [0.25, 0.3) is 0 Å². The molecule has 342 valence electrons. The lowest BCUT2D eigenvalue weighted by molar-refractivity contribution is -0.274. The Hall–Kier alpha value is -5.36. The van der Waals surface area contributed by atoms with Crippen molar-refractivity contribution in [2.75, 3.05) is 65.3 Å². The molecule has 3 aliphatic heterocycles. The van der Waals surface area contributed by atoms with Crippen molar-refractivity contribution in [3.8, 4) is 28.1 Å². The van der Waals surface area contributed by atoms with Gasteiger partial charge in [-0.25, -0.2) is 14.6 Å². The number of ether oxygens (including phenoxy) is 3. The Bertz CT molecular complexity index is 2110. The molecule has 3 saturated heterocycles. The Morgan fingerprint density at radius 1 is 0.905 bits per heavy atom. The Labute approximate surface area is 366 Å². The number of likely N-dealkylation sites (tertiary alicyclic amines) is 2. The topological polar surface area (TPSA) is 162 Å². The van der Waals surface area contributed by atoms with Gasteiger partial charge in [-0.05, 0) is 60.3 Å². The number of benzene rings is 2. The van der Waals surface area contributed by atoms with E-state index in [9.17, 15) is 32.3 Å². The van der Waals surface area contributed by atoms with Gasteiger partial charge in [-0.1, -0.05) is 52.0 Å². The molecule has 1 aromatic heterocycles. The number of imidazole rings is 1. The van der Waals surface area contributed by atoms with Gasteiger partial charge in [0.1, 0.15) is 17.6 Å². The van der Waals surface area contributed by atoms with Crippen molar-refractivity contribution < 1.29 is 46.6 Å². The number of amides is 5. The maximum Gasteiger partial charge on any atom is 0.573 e. The van der Waals surface area contributed by atoms with Crippen molar-refractivity contribution in [1.29, 1.82) is 0 Å². The number of aromatic nitrogens is 2. The molecule has 7 rings (SSSR count). The fourth-order valence-electron chi connectivity index (χ4n) is 9.37. The standard InChI is InChI=1S/C45H59F3N8O7/c1-27(2)38(52-43(60)62-6)41(58)56-26-32(61-5)24-36(56)39-49-25-35(51-39)29-9-7-28(8-10-29)33-12-11-30(23-37(33)63-45(46,47)48)50-42(59)55-17-14-31(15-18-55)53-19-21-54(22-20-53)40(57)34-13-16-44(34,3)4/h7-12,23,25,27,31-32,34,36,38H,13-22,24,26H2,1-6H3,(H,49,51)(H,50,59)(H,52,60)/t32-,34?,36-,38?/m0/s1. The number of carbonyl (C=O) groups is 4. The number of anilines is 1. The third-order valence-corrected chi connectivity index (χ3v) is 13.4. The van der Waals surface area contributed by atoms with E-state index in [0.717, 1.165) is 38.8 Å². The number of nitrogens with one attached hydrogen (secondary N) is 3. The molecule has 3 aromatic rings. The van der Waals surface area contributed by atoms with Crippen LogP contribution in [0.25, 0.3) is 22.4 Å². The Kier molecular flexibility index (Phi) is 13.6. The number of H-pyrrole nitrogens is 1. The number of rotatable bonds is 11. The van der Waals surface area contributed by atoms with E-state index in [-0.39, 0.29) is 52.5 Å². The molecule has 4 aliphatic rings. The first-order chi connectivity index (χ1) is 29.9. The van der Waals surface area contributed by atoms with Crippen LogP contribution in [-0.4, -0.2) is 138 Å². The van der Waals surface area contributed by atoms with E-state index >= 15 is 0 Å². The third kappa shape index (κ3) is 10.4. The van der Waals surface area contributed by atoms with Crippen molar-refractivity contribution >= 4 is 29.6 Å². The SMILES string of the molecule is COC(=O)NC(C(=O)N1C[C@@H](OC)C[C@H]1c1ncc(-c2ccc(-c3ccc(NC(=O)N4CCC(N5CCN(C(=O)C6CCC6(C)C)CC5)CC4)cc3OC(F)(F)F)cc2)[nH]1)C(C)C. The number of alkyl carbamates (subject to hydrolysis) is 1. The number of nitrogens with zero attached hydrogens (tertiary/aromatic N) is 5. The first-order valence-corrected chi connectivity index (χ1v) is 21.8. The second kappa shape index (κ2) is 18.8. The quantitative estimate of drug-likeness (QED) is 0.186. The lowest BCUT2D eigenvalue weighted by Gasteiger charge is -2.48. The van der Waals surface area contributed by atoms with Gasteiger partial charge < -0.3 is 44.5 Å². The summed E-state index contributed by atoms with van der Waals surface area (Å²) in [5, 5.41) is 5.40. The summed E-state index contributed by atoms with van der Waals surface area (Å²) >= 11 is 0. The number of aromatic amines is 1. The summed E-state index contributed by atoms with van der Waals surface area (Å²) in [5.74, 6) is -0.0896. The van der Waals surface area contributed by atoms with Crippen molar-refractivity contribution in [3.63, 3.8) is 0 Å². The van der Waals surface area contributed by atoms with Crippen molar-refractivity contribution in [3.05, 3.63) is 54.5 Å². The lowest BCUT2D eigenvalue weighted by atomic mass is 9.62. The highest BCUT2D eigenvalue weighted by atomic mass is 19.4. The number of urea groups is 1. The number of hydrogen-bond donors (Lipinski definition) is 3.